The summed E-state index contributed by atoms with van der Waals surface area (Å²) in [6.45, 7) is 2.84. The van der Waals surface area contributed by atoms with E-state index in [1.165, 1.54) is 0 Å². The number of hydrogen-bond acceptors (Lipinski definition) is 6. The number of pyridine rings is 1. The molecule has 8 heteroatoms. The van der Waals surface area contributed by atoms with Crippen LogP contribution >= 0.6 is 0 Å². The van der Waals surface area contributed by atoms with Crippen LogP contribution in [0, 0.1) is 0 Å². The van der Waals surface area contributed by atoms with Crippen LogP contribution in [0.1, 0.15) is 24.3 Å². The molecule has 1 saturated heterocycles. The molecule has 1 aromatic rings. The third kappa shape index (κ3) is 5.25. The second-order valence-electron chi connectivity index (χ2n) is 6.02. The maximum atomic E-state index is 12.0. The number of likely N-dealkylation sites (N-methyl/N-ethyl adjacent to an activating group) is 1. The molecule has 0 aliphatic carbocycles. The van der Waals surface area contributed by atoms with Crippen molar-refractivity contribution in [2.75, 3.05) is 44.7 Å². The van der Waals surface area contributed by atoms with Crippen molar-refractivity contribution < 1.29 is 19.5 Å². The monoisotopic (exact) mass is 348 g/mol. The minimum Gasteiger partial charge on any atom is -0.480 e. The van der Waals surface area contributed by atoms with Gasteiger partial charge in [-0.3, -0.25) is 14.5 Å². The molecule has 0 bridgehead atoms. The van der Waals surface area contributed by atoms with Gasteiger partial charge in [0, 0.05) is 45.8 Å². The first kappa shape index (κ1) is 18.9. The summed E-state index contributed by atoms with van der Waals surface area (Å²) in [7, 11) is 1.58. The fourth-order valence-electron chi connectivity index (χ4n) is 2.98. The Morgan fingerprint density at radius 1 is 1.32 bits per heavy atom. The fraction of sp³-hybridized carbons (Fsp3) is 0.529. The quantitative estimate of drug-likeness (QED) is 0.642. The van der Waals surface area contributed by atoms with Crippen LogP contribution < -0.4 is 10.2 Å². The molecule has 0 radical (unpaired) electrons. The Bertz CT molecular complexity index is 597. The van der Waals surface area contributed by atoms with Gasteiger partial charge < -0.3 is 20.1 Å². The van der Waals surface area contributed by atoms with Crippen LogP contribution in [0.25, 0.3) is 0 Å². The molecule has 8 nitrogen and oxygen atoms in total. The molecule has 1 amide bonds. The lowest BCUT2D eigenvalue weighted by Gasteiger charge is -2.34. The van der Waals surface area contributed by atoms with Gasteiger partial charge in [0.2, 0.25) is 5.91 Å². The van der Waals surface area contributed by atoms with E-state index in [0.717, 1.165) is 17.7 Å². The number of aromatic nitrogens is 1. The summed E-state index contributed by atoms with van der Waals surface area (Å²) in [6.07, 6.45) is 3.28. The number of hydrogen-bond donors (Lipinski definition) is 2. The summed E-state index contributed by atoms with van der Waals surface area (Å²) in [6, 6.07) is 3.75. The molecule has 25 heavy (non-hydrogen) atoms. The van der Waals surface area contributed by atoms with E-state index in [9.17, 15) is 14.4 Å². The third-order valence-electron chi connectivity index (χ3n) is 4.36. The lowest BCUT2D eigenvalue weighted by atomic mass is 9.95. The van der Waals surface area contributed by atoms with Gasteiger partial charge in [-0.05, 0) is 18.1 Å². The lowest BCUT2D eigenvalue weighted by Crippen LogP contribution is -2.48. The number of rotatable bonds is 8. The maximum absolute atomic E-state index is 12.0. The number of carbonyl (C=O) groups is 3. The van der Waals surface area contributed by atoms with E-state index in [0.29, 0.717) is 39.0 Å². The van der Waals surface area contributed by atoms with E-state index in [-0.39, 0.29) is 18.4 Å². The number of carbonyl (C=O) groups excluding carboxylic acids is 2. The van der Waals surface area contributed by atoms with Crippen molar-refractivity contribution in [1.82, 2.24) is 15.2 Å². The van der Waals surface area contributed by atoms with Gasteiger partial charge in [0.05, 0.1) is 12.5 Å². The van der Waals surface area contributed by atoms with Gasteiger partial charge in [0.15, 0.2) is 0 Å². The highest BCUT2D eigenvalue weighted by atomic mass is 16.4. The SMILES string of the molecule is CNC(=O)C(CCC=O)c1ccc(N2CCN(CC(=O)O)CC2)nc1. The molecule has 1 aliphatic heterocycles. The number of aliphatic carboxylic acids is 1. The van der Waals surface area contributed by atoms with E-state index in [4.69, 9.17) is 5.11 Å². The van der Waals surface area contributed by atoms with Crippen molar-refractivity contribution in [2.45, 2.75) is 18.8 Å². The predicted octanol–water partition coefficient (Wildman–Crippen LogP) is 0.0969. The topological polar surface area (TPSA) is 103 Å². The average molecular weight is 348 g/mol. The molecule has 2 N–H and O–H groups in total. The zero-order chi connectivity index (χ0) is 18.2. The van der Waals surface area contributed by atoms with E-state index in [1.807, 2.05) is 17.0 Å². The molecule has 0 spiro atoms. The summed E-state index contributed by atoms with van der Waals surface area (Å²) in [5.41, 5.74) is 0.787. The van der Waals surface area contributed by atoms with E-state index < -0.39 is 5.97 Å². The Labute approximate surface area is 146 Å². The molecule has 1 atom stereocenters. The standard InChI is InChI=1S/C17H24N4O4/c1-18-17(25)14(3-2-10-22)13-4-5-15(19-11-13)21-8-6-20(7-9-21)12-16(23)24/h4-5,10-11,14H,2-3,6-9,12H2,1H3,(H,18,25)(H,23,24). The summed E-state index contributed by atoms with van der Waals surface area (Å²) in [4.78, 5) is 41.8. The zero-order valence-electron chi connectivity index (χ0n) is 14.4. The molecule has 2 rings (SSSR count). The summed E-state index contributed by atoms with van der Waals surface area (Å²) >= 11 is 0. The summed E-state index contributed by atoms with van der Waals surface area (Å²) in [5.74, 6) is -0.515. The second-order valence-corrected chi connectivity index (χ2v) is 6.02. The van der Waals surface area contributed by atoms with Crippen molar-refractivity contribution in [3.8, 4) is 0 Å². The third-order valence-corrected chi connectivity index (χ3v) is 4.36. The number of anilines is 1. The molecular formula is C17H24N4O4. The number of aldehydes is 1. The fourth-order valence-corrected chi connectivity index (χ4v) is 2.98. The predicted molar refractivity (Wildman–Crippen MR) is 92.6 cm³/mol. The Balaban J connectivity index is 2.00. The van der Waals surface area contributed by atoms with E-state index in [1.54, 1.807) is 13.2 Å². The summed E-state index contributed by atoms with van der Waals surface area (Å²) < 4.78 is 0. The Hall–Kier alpha value is -2.48. The zero-order valence-corrected chi connectivity index (χ0v) is 14.4. The van der Waals surface area contributed by atoms with Crippen molar-refractivity contribution in [1.29, 1.82) is 0 Å². The first-order valence-electron chi connectivity index (χ1n) is 8.35. The lowest BCUT2D eigenvalue weighted by molar-refractivity contribution is -0.138. The Morgan fingerprint density at radius 2 is 2.04 bits per heavy atom. The van der Waals surface area contributed by atoms with Crippen LogP contribution in [0.15, 0.2) is 18.3 Å². The highest BCUT2D eigenvalue weighted by molar-refractivity contribution is 5.83. The normalized spacial score (nSPS) is 16.3. The van der Waals surface area contributed by atoms with Gasteiger partial charge in [-0.2, -0.15) is 0 Å². The number of piperazine rings is 1. The van der Waals surface area contributed by atoms with Gasteiger partial charge in [-0.15, -0.1) is 0 Å². The average Bonchev–Trinajstić information content (AvgIpc) is 2.62. The molecule has 0 saturated carbocycles. The number of carboxylic acids is 1. The van der Waals surface area contributed by atoms with Crippen LogP contribution in [0.5, 0.6) is 0 Å². The van der Waals surface area contributed by atoms with E-state index >= 15 is 0 Å². The van der Waals surface area contributed by atoms with Gasteiger partial charge in [-0.25, -0.2) is 4.98 Å². The van der Waals surface area contributed by atoms with Gasteiger partial charge in [-0.1, -0.05) is 6.07 Å². The highest BCUT2D eigenvalue weighted by Crippen LogP contribution is 2.23. The van der Waals surface area contributed by atoms with E-state index in [2.05, 4.69) is 15.2 Å². The molecule has 1 unspecified atom stereocenters. The van der Waals surface area contributed by atoms with Crippen molar-refractivity contribution in [3.05, 3.63) is 23.9 Å². The minimum atomic E-state index is -0.813. The van der Waals surface area contributed by atoms with Crippen molar-refractivity contribution in [3.63, 3.8) is 0 Å². The van der Waals surface area contributed by atoms with Gasteiger partial charge in [0.25, 0.3) is 0 Å². The molecule has 1 aliphatic rings. The van der Waals surface area contributed by atoms with Crippen LogP contribution in [0.3, 0.4) is 0 Å². The van der Waals surface area contributed by atoms with Crippen molar-refractivity contribution >= 4 is 24.0 Å². The smallest absolute Gasteiger partial charge is 0.317 e. The Morgan fingerprint density at radius 3 is 2.56 bits per heavy atom. The molecular weight excluding hydrogens is 324 g/mol. The molecule has 2 heterocycles. The van der Waals surface area contributed by atoms with Crippen LogP contribution in [0.2, 0.25) is 0 Å². The summed E-state index contributed by atoms with van der Waals surface area (Å²) in [5, 5.41) is 11.5. The van der Waals surface area contributed by atoms with Crippen LogP contribution in [0.4, 0.5) is 5.82 Å². The first-order valence-corrected chi connectivity index (χ1v) is 8.35. The van der Waals surface area contributed by atoms with Crippen LogP contribution in [-0.2, 0) is 14.4 Å². The molecule has 0 aromatic carbocycles. The molecule has 1 fully saturated rings. The number of nitrogens with one attached hydrogen (secondary N) is 1. The second kappa shape index (κ2) is 9.12. The molecule has 1 aromatic heterocycles. The maximum Gasteiger partial charge on any atom is 0.317 e. The van der Waals surface area contributed by atoms with Gasteiger partial charge in [0.1, 0.15) is 12.1 Å². The first-order chi connectivity index (χ1) is 12.0. The number of nitrogens with zero attached hydrogens (tertiary/aromatic N) is 3. The highest BCUT2D eigenvalue weighted by Gasteiger charge is 2.22. The van der Waals surface area contributed by atoms with Gasteiger partial charge >= 0.3 is 5.97 Å². The van der Waals surface area contributed by atoms with Crippen LogP contribution in [-0.4, -0.2) is 72.9 Å². The number of carboxylic acid groups (broad SMARTS) is 1. The largest absolute Gasteiger partial charge is 0.480 e. The number of amides is 1. The minimum absolute atomic E-state index is 0.0603. The Kier molecular flexibility index (Phi) is 6.88. The van der Waals surface area contributed by atoms with Crippen molar-refractivity contribution in [2.24, 2.45) is 0 Å². The molecule has 136 valence electrons.